The van der Waals surface area contributed by atoms with Crippen molar-refractivity contribution in [1.82, 2.24) is 9.79 Å². The van der Waals surface area contributed by atoms with E-state index in [9.17, 15) is 18.0 Å². The normalized spacial score (nSPS) is 15.5. The number of carbonyl (C=O) groups excluding carboxylic acids is 1. The van der Waals surface area contributed by atoms with E-state index in [-0.39, 0.29) is 36.4 Å². The lowest BCUT2D eigenvalue weighted by molar-refractivity contribution is -0.153. The summed E-state index contributed by atoms with van der Waals surface area (Å²) in [7, 11) is -4.10. The first-order valence-corrected chi connectivity index (χ1v) is 8.52. The van der Waals surface area contributed by atoms with E-state index < -0.39 is 28.0 Å². The lowest BCUT2D eigenvalue weighted by atomic mass is 9.97. The molecular weight excluding hydrogens is 338 g/mol. The van der Waals surface area contributed by atoms with Gasteiger partial charge in [0.25, 0.3) is 10.0 Å². The molecule has 0 saturated carbocycles. The van der Waals surface area contributed by atoms with Gasteiger partial charge in [0.2, 0.25) is 0 Å². The van der Waals surface area contributed by atoms with E-state index in [0.717, 1.165) is 6.07 Å². The number of likely N-dealkylation sites (tertiary alicyclic amines) is 1. The van der Waals surface area contributed by atoms with Crippen molar-refractivity contribution in [3.63, 3.8) is 0 Å². The Morgan fingerprint density at radius 3 is 2.58 bits per heavy atom. The number of sulfonamides is 1. The average molecular weight is 353 g/mol. The highest BCUT2D eigenvalue weighted by Crippen LogP contribution is 2.19. The molecule has 0 aromatic heterocycles. The predicted molar refractivity (Wildman–Crippen MR) is 79.9 cm³/mol. The Kier molecular flexibility index (Phi) is 5.38. The number of hydrogen-bond donors (Lipinski definition) is 2. The number of carbonyl (C=O) groups is 2. The summed E-state index contributed by atoms with van der Waals surface area (Å²) in [6, 6.07) is 7.08. The Morgan fingerprint density at radius 2 is 2.00 bits per heavy atom. The predicted octanol–water partition coefficient (Wildman–Crippen LogP) is 0.685. The lowest BCUT2D eigenvalue weighted by Gasteiger charge is -2.28. The van der Waals surface area contributed by atoms with Crippen LogP contribution in [0.4, 0.5) is 4.79 Å². The highest BCUT2D eigenvalue weighted by Gasteiger charge is 2.29. The van der Waals surface area contributed by atoms with Crippen LogP contribution in [0, 0.1) is 17.2 Å². The second-order valence-electron chi connectivity index (χ2n) is 5.19. The van der Waals surface area contributed by atoms with Crippen LogP contribution in [0.15, 0.2) is 29.2 Å². The van der Waals surface area contributed by atoms with Crippen LogP contribution < -0.4 is 4.89 Å². The number of rotatable bonds is 4. The van der Waals surface area contributed by atoms with Gasteiger partial charge in [0, 0.05) is 13.1 Å². The number of nitriles is 1. The molecule has 0 aliphatic carbocycles. The molecule has 2 rings (SSSR count). The van der Waals surface area contributed by atoms with Crippen molar-refractivity contribution in [1.29, 1.82) is 5.26 Å². The van der Waals surface area contributed by atoms with Crippen LogP contribution in [-0.4, -0.2) is 43.6 Å². The maximum atomic E-state index is 12.0. The Labute approximate surface area is 138 Å². The van der Waals surface area contributed by atoms with Crippen molar-refractivity contribution in [3.8, 4) is 6.07 Å². The molecule has 0 spiro atoms. The molecule has 2 N–H and O–H groups in total. The summed E-state index contributed by atoms with van der Waals surface area (Å²) >= 11 is 0. The monoisotopic (exact) mass is 353 g/mol. The molecule has 24 heavy (non-hydrogen) atoms. The second-order valence-corrected chi connectivity index (χ2v) is 6.84. The first-order valence-electron chi connectivity index (χ1n) is 7.04. The number of hydrogen-bond acceptors (Lipinski definition) is 6. The summed E-state index contributed by atoms with van der Waals surface area (Å²) in [5, 5.41) is 17.6. The highest BCUT2D eigenvalue weighted by molar-refractivity contribution is 7.89. The maximum Gasteiger partial charge on any atom is 0.407 e. The second kappa shape index (κ2) is 7.29. The number of nitrogens with zero attached hydrogens (tertiary/aromatic N) is 2. The molecule has 1 aliphatic heterocycles. The van der Waals surface area contributed by atoms with Crippen LogP contribution in [-0.2, 0) is 19.7 Å². The maximum absolute atomic E-state index is 12.0. The molecule has 1 heterocycles. The van der Waals surface area contributed by atoms with Gasteiger partial charge >= 0.3 is 12.1 Å². The van der Waals surface area contributed by atoms with Crippen molar-refractivity contribution in [3.05, 3.63) is 29.8 Å². The molecule has 1 aromatic carbocycles. The smallest absolute Gasteiger partial charge is 0.407 e. The lowest BCUT2D eigenvalue weighted by Crippen LogP contribution is -2.41. The molecule has 1 saturated heterocycles. The Morgan fingerprint density at radius 1 is 1.33 bits per heavy atom. The molecule has 1 aromatic rings. The van der Waals surface area contributed by atoms with Crippen LogP contribution >= 0.6 is 0 Å². The van der Waals surface area contributed by atoms with Crippen LogP contribution in [0.25, 0.3) is 0 Å². The molecular formula is C14H15N3O6S. The minimum Gasteiger partial charge on any atom is -0.465 e. The number of nitrogens with one attached hydrogen (secondary N) is 1. The quantitative estimate of drug-likeness (QED) is 0.759. The van der Waals surface area contributed by atoms with E-state index >= 15 is 0 Å². The number of amides is 1. The van der Waals surface area contributed by atoms with E-state index in [1.165, 1.54) is 23.1 Å². The summed E-state index contributed by atoms with van der Waals surface area (Å²) in [5.41, 5.74) is 0.158. The molecule has 1 amide bonds. The van der Waals surface area contributed by atoms with Crippen LogP contribution in [0.2, 0.25) is 0 Å². The Hall–Kier alpha value is -2.64. The minimum atomic E-state index is -4.10. The third-order valence-corrected chi connectivity index (χ3v) is 4.80. The average Bonchev–Trinajstić information content (AvgIpc) is 2.60. The van der Waals surface area contributed by atoms with Gasteiger partial charge in [-0.05, 0) is 35.9 Å². The molecule has 10 heteroatoms. The fraction of sp³-hybridized carbons (Fsp3) is 0.357. The topological polar surface area (TPSA) is 137 Å². The summed E-state index contributed by atoms with van der Waals surface area (Å²) in [6.07, 6.45) is -0.534. The molecule has 128 valence electrons. The number of piperidine rings is 1. The summed E-state index contributed by atoms with van der Waals surface area (Å²) < 4.78 is 24.1. The molecule has 1 aliphatic rings. The van der Waals surface area contributed by atoms with Gasteiger partial charge in [0.15, 0.2) is 0 Å². The minimum absolute atomic E-state index is 0.158. The van der Waals surface area contributed by atoms with Crippen LogP contribution in [0.1, 0.15) is 18.4 Å². The van der Waals surface area contributed by atoms with Crippen molar-refractivity contribution < 1.29 is 28.0 Å². The third-order valence-electron chi connectivity index (χ3n) is 3.62. The Bertz CT molecular complexity index is 778. The molecule has 1 fully saturated rings. The van der Waals surface area contributed by atoms with Gasteiger partial charge in [-0.3, -0.25) is 4.79 Å². The molecule has 0 radical (unpaired) electrons. The van der Waals surface area contributed by atoms with E-state index in [0.29, 0.717) is 0 Å². The highest BCUT2D eigenvalue weighted by atomic mass is 32.2. The van der Waals surface area contributed by atoms with E-state index in [4.69, 9.17) is 10.4 Å². The van der Waals surface area contributed by atoms with Crippen LogP contribution in [0.5, 0.6) is 0 Å². The van der Waals surface area contributed by atoms with Gasteiger partial charge in [0.1, 0.15) is 0 Å². The van der Waals surface area contributed by atoms with Crippen molar-refractivity contribution in [2.24, 2.45) is 5.92 Å². The first-order chi connectivity index (χ1) is 11.3. The van der Waals surface area contributed by atoms with Gasteiger partial charge in [-0.25, -0.2) is 13.2 Å². The Balaban J connectivity index is 1.94. The van der Waals surface area contributed by atoms with Gasteiger partial charge < -0.3 is 14.8 Å². The summed E-state index contributed by atoms with van der Waals surface area (Å²) in [5.74, 6) is -1.34. The van der Waals surface area contributed by atoms with Gasteiger partial charge in [0.05, 0.1) is 22.4 Å². The zero-order valence-corrected chi connectivity index (χ0v) is 13.3. The largest absolute Gasteiger partial charge is 0.465 e. The van der Waals surface area contributed by atoms with Gasteiger partial charge in [-0.2, -0.15) is 5.26 Å². The molecule has 0 unspecified atom stereocenters. The van der Waals surface area contributed by atoms with Crippen molar-refractivity contribution in [2.45, 2.75) is 17.7 Å². The third kappa shape index (κ3) is 4.21. The van der Waals surface area contributed by atoms with Gasteiger partial charge in [-0.1, -0.05) is 6.07 Å². The fourth-order valence-corrected chi connectivity index (χ4v) is 3.09. The summed E-state index contributed by atoms with van der Waals surface area (Å²) in [4.78, 5) is 30.1. The molecule has 0 atom stereocenters. The van der Waals surface area contributed by atoms with E-state index in [1.807, 2.05) is 6.07 Å². The number of carboxylic acid groups (broad SMARTS) is 1. The standard InChI is InChI=1S/C14H15N3O6S/c15-9-10-2-1-3-12(8-10)24(21,22)16-23-13(18)11-4-6-17(7-5-11)14(19)20/h1-3,8,11,16H,4-7H2,(H,19,20). The van der Waals surface area contributed by atoms with Crippen molar-refractivity contribution >= 4 is 22.1 Å². The fourth-order valence-electron chi connectivity index (χ4n) is 2.27. The van der Waals surface area contributed by atoms with Crippen molar-refractivity contribution in [2.75, 3.05) is 13.1 Å². The first kappa shape index (κ1) is 17.7. The zero-order chi connectivity index (χ0) is 17.7. The number of benzene rings is 1. The van der Waals surface area contributed by atoms with Crippen LogP contribution in [0.3, 0.4) is 0 Å². The van der Waals surface area contributed by atoms with E-state index in [2.05, 4.69) is 4.84 Å². The SMILES string of the molecule is N#Cc1cccc(S(=O)(=O)NOC(=O)C2CCN(C(=O)O)CC2)c1. The van der Waals surface area contributed by atoms with Gasteiger partial charge in [-0.15, -0.1) is 0 Å². The molecule has 0 bridgehead atoms. The molecule has 9 nitrogen and oxygen atoms in total. The van der Waals surface area contributed by atoms with E-state index in [1.54, 1.807) is 4.89 Å². The summed E-state index contributed by atoms with van der Waals surface area (Å²) in [6.45, 7) is 0.373. The zero-order valence-electron chi connectivity index (χ0n) is 12.5.